The van der Waals surface area contributed by atoms with Crippen molar-refractivity contribution in [2.24, 2.45) is 0 Å². The SMILES string of the molecule is C[C@H](OC(=O)[C@H]1CCCN1S(=O)(=O)c1ccc2c(c1)OCCO2)C(=O)NCC(F)(F)F. The molecule has 31 heavy (non-hydrogen) atoms. The van der Waals surface area contributed by atoms with Crippen molar-refractivity contribution in [3.63, 3.8) is 0 Å². The molecule has 2 atom stereocenters. The van der Waals surface area contributed by atoms with Gasteiger partial charge in [0.05, 0.1) is 4.90 Å². The van der Waals surface area contributed by atoms with Crippen molar-refractivity contribution in [3.05, 3.63) is 18.2 Å². The van der Waals surface area contributed by atoms with Gasteiger partial charge in [-0.2, -0.15) is 17.5 Å². The predicted molar refractivity (Wildman–Crippen MR) is 99.0 cm³/mol. The lowest BCUT2D eigenvalue weighted by atomic mass is 10.2. The van der Waals surface area contributed by atoms with Gasteiger partial charge in [-0.1, -0.05) is 0 Å². The Bertz CT molecular complexity index is 952. The Morgan fingerprint density at radius 2 is 1.94 bits per heavy atom. The van der Waals surface area contributed by atoms with E-state index in [1.54, 1.807) is 5.32 Å². The molecule has 2 aliphatic heterocycles. The van der Waals surface area contributed by atoms with Gasteiger partial charge in [0.15, 0.2) is 17.6 Å². The van der Waals surface area contributed by atoms with Gasteiger partial charge in [-0.3, -0.25) is 9.59 Å². The number of hydrogen-bond acceptors (Lipinski definition) is 7. The molecule has 0 saturated carbocycles. The Morgan fingerprint density at radius 1 is 1.26 bits per heavy atom. The van der Waals surface area contributed by atoms with Crippen molar-refractivity contribution in [1.82, 2.24) is 9.62 Å². The summed E-state index contributed by atoms with van der Waals surface area (Å²) in [6.45, 7) is 0.197. The largest absolute Gasteiger partial charge is 0.486 e. The quantitative estimate of drug-likeness (QED) is 0.628. The van der Waals surface area contributed by atoms with Gasteiger partial charge >= 0.3 is 12.1 Å². The molecule has 1 N–H and O–H groups in total. The number of hydrogen-bond donors (Lipinski definition) is 1. The summed E-state index contributed by atoms with van der Waals surface area (Å²) in [7, 11) is -4.10. The molecule has 0 spiro atoms. The number of carbonyl (C=O) groups is 2. The van der Waals surface area contributed by atoms with Crippen LogP contribution in [0.4, 0.5) is 13.2 Å². The number of esters is 1. The molecule has 1 fully saturated rings. The Morgan fingerprint density at radius 3 is 2.61 bits per heavy atom. The van der Waals surface area contributed by atoms with Gasteiger partial charge in [-0.05, 0) is 31.9 Å². The zero-order chi connectivity index (χ0) is 22.8. The summed E-state index contributed by atoms with van der Waals surface area (Å²) in [4.78, 5) is 24.1. The van der Waals surface area contributed by atoms with Crippen molar-refractivity contribution < 1.29 is 45.4 Å². The van der Waals surface area contributed by atoms with E-state index in [1.807, 2.05) is 0 Å². The van der Waals surface area contributed by atoms with Crippen molar-refractivity contribution >= 4 is 21.9 Å². The van der Waals surface area contributed by atoms with Crippen LogP contribution in [-0.4, -0.2) is 69.2 Å². The molecule has 2 heterocycles. The van der Waals surface area contributed by atoms with Crippen LogP contribution in [0.5, 0.6) is 11.5 Å². The Hall–Kier alpha value is -2.54. The van der Waals surface area contributed by atoms with E-state index in [1.165, 1.54) is 18.2 Å². The van der Waals surface area contributed by atoms with E-state index in [-0.39, 0.29) is 30.2 Å². The van der Waals surface area contributed by atoms with Gasteiger partial charge in [0.1, 0.15) is 25.8 Å². The number of ether oxygens (including phenoxy) is 3. The van der Waals surface area contributed by atoms with Crippen LogP contribution in [0.3, 0.4) is 0 Å². The van der Waals surface area contributed by atoms with Gasteiger partial charge in [-0.15, -0.1) is 0 Å². The molecule has 1 amide bonds. The van der Waals surface area contributed by atoms with Crippen LogP contribution in [-0.2, 0) is 24.3 Å². The summed E-state index contributed by atoms with van der Waals surface area (Å²) < 4.78 is 79.5. The second kappa shape index (κ2) is 8.91. The first-order chi connectivity index (χ1) is 14.5. The summed E-state index contributed by atoms with van der Waals surface area (Å²) in [6, 6.07) is 2.89. The lowest BCUT2D eigenvalue weighted by Crippen LogP contribution is -2.45. The number of alkyl halides is 3. The first-order valence-electron chi connectivity index (χ1n) is 9.45. The number of amides is 1. The van der Waals surface area contributed by atoms with Gasteiger partial charge in [0.25, 0.3) is 5.91 Å². The van der Waals surface area contributed by atoms with E-state index in [2.05, 4.69) is 0 Å². The molecule has 0 bridgehead atoms. The summed E-state index contributed by atoms with van der Waals surface area (Å²) in [5, 5.41) is 1.62. The Kier molecular flexibility index (Phi) is 6.65. The smallest absolute Gasteiger partial charge is 0.405 e. The first kappa shape index (κ1) is 23.1. The minimum absolute atomic E-state index is 0.0468. The van der Waals surface area contributed by atoms with Crippen LogP contribution in [0.1, 0.15) is 19.8 Å². The van der Waals surface area contributed by atoms with Crippen LogP contribution in [0.25, 0.3) is 0 Å². The maximum absolute atomic E-state index is 13.1. The summed E-state index contributed by atoms with van der Waals surface area (Å²) >= 11 is 0. The molecule has 2 aliphatic rings. The fourth-order valence-electron chi connectivity index (χ4n) is 3.22. The van der Waals surface area contributed by atoms with Gasteiger partial charge in [-0.25, -0.2) is 8.42 Å². The zero-order valence-corrected chi connectivity index (χ0v) is 17.3. The van der Waals surface area contributed by atoms with Crippen LogP contribution >= 0.6 is 0 Å². The molecular formula is C18H21F3N2O7S. The number of carbonyl (C=O) groups excluding carboxylic acids is 2. The molecule has 0 radical (unpaired) electrons. The van der Waals surface area contributed by atoms with E-state index < -0.39 is 46.8 Å². The van der Waals surface area contributed by atoms with Crippen molar-refractivity contribution in [2.45, 2.75) is 43.0 Å². The maximum Gasteiger partial charge on any atom is 0.405 e. The summed E-state index contributed by atoms with van der Waals surface area (Å²) in [6.07, 6.45) is -5.61. The average Bonchev–Trinajstić information content (AvgIpc) is 3.22. The predicted octanol–water partition coefficient (Wildman–Crippen LogP) is 1.22. The number of sulfonamides is 1. The third-order valence-electron chi connectivity index (χ3n) is 4.72. The molecule has 172 valence electrons. The zero-order valence-electron chi connectivity index (χ0n) is 16.5. The van der Waals surface area contributed by atoms with Crippen LogP contribution < -0.4 is 14.8 Å². The highest BCUT2D eigenvalue weighted by Crippen LogP contribution is 2.35. The van der Waals surface area contributed by atoms with Crippen molar-refractivity contribution in [3.8, 4) is 11.5 Å². The van der Waals surface area contributed by atoms with E-state index >= 15 is 0 Å². The highest BCUT2D eigenvalue weighted by Gasteiger charge is 2.42. The highest BCUT2D eigenvalue weighted by atomic mass is 32.2. The molecule has 1 saturated heterocycles. The average molecular weight is 466 g/mol. The van der Waals surface area contributed by atoms with Crippen LogP contribution in [0.2, 0.25) is 0 Å². The third-order valence-corrected chi connectivity index (χ3v) is 6.63. The molecule has 0 aromatic heterocycles. The minimum Gasteiger partial charge on any atom is -0.486 e. The van der Waals surface area contributed by atoms with Crippen LogP contribution in [0, 0.1) is 0 Å². The molecule has 1 aromatic carbocycles. The number of nitrogens with zero attached hydrogens (tertiary/aromatic N) is 1. The lowest BCUT2D eigenvalue weighted by molar-refractivity contribution is -0.160. The van der Waals surface area contributed by atoms with E-state index in [9.17, 15) is 31.2 Å². The fourth-order valence-corrected chi connectivity index (χ4v) is 4.88. The number of nitrogens with one attached hydrogen (secondary N) is 1. The molecule has 1 aromatic rings. The highest BCUT2D eigenvalue weighted by molar-refractivity contribution is 7.89. The first-order valence-corrected chi connectivity index (χ1v) is 10.9. The Balaban J connectivity index is 1.69. The topological polar surface area (TPSA) is 111 Å². The molecular weight excluding hydrogens is 445 g/mol. The maximum atomic E-state index is 13.1. The van der Waals surface area contributed by atoms with Gasteiger partial charge < -0.3 is 19.5 Å². The fraction of sp³-hybridized carbons (Fsp3) is 0.556. The second-order valence-electron chi connectivity index (χ2n) is 6.99. The monoisotopic (exact) mass is 466 g/mol. The molecule has 0 aliphatic carbocycles. The summed E-state index contributed by atoms with van der Waals surface area (Å²) in [5.74, 6) is -1.47. The van der Waals surface area contributed by atoms with E-state index in [0.29, 0.717) is 18.8 Å². The normalized spacial score (nSPS) is 20.2. The van der Waals surface area contributed by atoms with Gasteiger partial charge in [0, 0.05) is 12.6 Å². The number of fused-ring (bicyclic) bond motifs is 1. The minimum atomic E-state index is -4.61. The van der Waals surface area contributed by atoms with Crippen molar-refractivity contribution in [2.75, 3.05) is 26.3 Å². The third kappa shape index (κ3) is 5.39. The van der Waals surface area contributed by atoms with Crippen molar-refractivity contribution in [1.29, 1.82) is 0 Å². The standard InChI is InChI=1S/C18H21F3N2O7S/c1-11(16(24)22-10-18(19,20)21)30-17(25)13-3-2-6-23(13)31(26,27)12-4-5-14-15(9-12)29-8-7-28-14/h4-5,9,11,13H,2-3,6-8,10H2,1H3,(H,22,24)/t11-,13+/m0/s1. The molecule has 13 heteroatoms. The van der Waals surface area contributed by atoms with Crippen LogP contribution in [0.15, 0.2) is 23.1 Å². The van der Waals surface area contributed by atoms with E-state index in [0.717, 1.165) is 11.2 Å². The number of benzene rings is 1. The van der Waals surface area contributed by atoms with E-state index in [4.69, 9.17) is 14.2 Å². The molecule has 9 nitrogen and oxygen atoms in total. The number of rotatable bonds is 6. The second-order valence-corrected chi connectivity index (χ2v) is 8.88. The summed E-state index contributed by atoms with van der Waals surface area (Å²) in [5.41, 5.74) is 0. The lowest BCUT2D eigenvalue weighted by Gasteiger charge is -2.25. The van der Waals surface area contributed by atoms with Gasteiger partial charge in [0.2, 0.25) is 10.0 Å². The Labute approximate surface area is 176 Å². The number of halogens is 3. The molecule has 0 unspecified atom stereocenters. The molecule has 3 rings (SSSR count).